The maximum atomic E-state index is 12.5. The Morgan fingerprint density at radius 2 is 1.50 bits per heavy atom. The van der Waals surface area contributed by atoms with Gasteiger partial charge in [0.15, 0.2) is 0 Å². The Hall–Kier alpha value is -3.07. The molecule has 160 valence electrons. The van der Waals surface area contributed by atoms with Crippen LogP contribution in [0.5, 0.6) is 0 Å². The molecule has 0 atom stereocenters. The minimum absolute atomic E-state index is 0.157. The Balaban J connectivity index is 1.60. The Kier molecular flexibility index (Phi) is 6.02. The van der Waals surface area contributed by atoms with Crippen LogP contribution in [0.15, 0.2) is 48.5 Å². The lowest BCUT2D eigenvalue weighted by molar-refractivity contribution is 0.0635. The summed E-state index contributed by atoms with van der Waals surface area (Å²) in [6.45, 7) is 5.79. The molecular weight excluding hydrogens is 406 g/mol. The first-order valence-corrected chi connectivity index (χ1v) is 11.2. The first kappa shape index (κ1) is 21.6. The molecule has 1 aliphatic rings. The van der Waals surface area contributed by atoms with E-state index in [1.54, 1.807) is 69.3 Å². The minimum atomic E-state index is -3.23. The highest BCUT2D eigenvalue weighted by Crippen LogP contribution is 2.25. The predicted molar refractivity (Wildman–Crippen MR) is 116 cm³/mol. The quantitative estimate of drug-likeness (QED) is 0.766. The molecule has 2 aromatic rings. The Labute approximate surface area is 176 Å². The summed E-state index contributed by atoms with van der Waals surface area (Å²) >= 11 is 0. The number of nitrogens with zero attached hydrogens (tertiary/aromatic N) is 1. The van der Waals surface area contributed by atoms with Gasteiger partial charge in [-0.1, -0.05) is 0 Å². The number of benzene rings is 2. The molecule has 1 aliphatic heterocycles. The third kappa shape index (κ3) is 5.50. The van der Waals surface area contributed by atoms with Gasteiger partial charge in [0.1, 0.15) is 5.60 Å². The maximum Gasteiger partial charge on any atom is 0.412 e. The number of anilines is 3. The first-order valence-electron chi connectivity index (χ1n) is 9.55. The van der Waals surface area contributed by atoms with E-state index in [-0.39, 0.29) is 11.7 Å². The molecule has 8 nitrogen and oxygen atoms in total. The highest BCUT2D eigenvalue weighted by Gasteiger charge is 2.28. The lowest BCUT2D eigenvalue weighted by Gasteiger charge is -2.19. The van der Waals surface area contributed by atoms with Gasteiger partial charge in [0.2, 0.25) is 10.0 Å². The van der Waals surface area contributed by atoms with E-state index in [0.29, 0.717) is 35.6 Å². The number of amides is 2. The van der Waals surface area contributed by atoms with Crippen LogP contribution in [0, 0.1) is 0 Å². The van der Waals surface area contributed by atoms with Crippen LogP contribution in [0.3, 0.4) is 0 Å². The van der Waals surface area contributed by atoms with E-state index in [2.05, 4.69) is 10.6 Å². The largest absolute Gasteiger partial charge is 0.444 e. The Morgan fingerprint density at radius 1 is 0.933 bits per heavy atom. The molecule has 1 heterocycles. The number of hydrogen-bond donors (Lipinski definition) is 2. The van der Waals surface area contributed by atoms with Crippen LogP contribution >= 0.6 is 0 Å². The molecule has 2 amide bonds. The third-order valence-electron chi connectivity index (χ3n) is 4.30. The van der Waals surface area contributed by atoms with Crippen LogP contribution in [0.25, 0.3) is 0 Å². The number of carbonyl (C=O) groups is 2. The molecule has 1 saturated heterocycles. The monoisotopic (exact) mass is 431 g/mol. The summed E-state index contributed by atoms with van der Waals surface area (Å²) in [6.07, 6.45) is 0.0411. The van der Waals surface area contributed by atoms with Gasteiger partial charge in [-0.15, -0.1) is 0 Å². The second kappa shape index (κ2) is 8.35. The van der Waals surface area contributed by atoms with Crippen LogP contribution in [-0.2, 0) is 14.8 Å². The molecule has 0 unspecified atom stereocenters. The van der Waals surface area contributed by atoms with E-state index >= 15 is 0 Å². The molecule has 0 aromatic heterocycles. The number of sulfonamides is 1. The summed E-state index contributed by atoms with van der Waals surface area (Å²) in [5.74, 6) is -0.162. The van der Waals surface area contributed by atoms with Gasteiger partial charge < -0.3 is 10.1 Å². The summed E-state index contributed by atoms with van der Waals surface area (Å²) in [5, 5.41) is 5.38. The topological polar surface area (TPSA) is 105 Å². The molecule has 0 bridgehead atoms. The zero-order valence-corrected chi connectivity index (χ0v) is 18.0. The van der Waals surface area contributed by atoms with Crippen LogP contribution < -0.4 is 14.9 Å². The molecule has 2 N–H and O–H groups in total. The highest BCUT2D eigenvalue weighted by molar-refractivity contribution is 7.93. The predicted octanol–water partition coefficient (Wildman–Crippen LogP) is 3.83. The Bertz CT molecular complexity index is 1030. The van der Waals surface area contributed by atoms with Gasteiger partial charge in [-0.25, -0.2) is 13.2 Å². The number of nitrogens with one attached hydrogen (secondary N) is 2. The molecule has 0 aliphatic carbocycles. The zero-order valence-electron chi connectivity index (χ0n) is 17.1. The van der Waals surface area contributed by atoms with E-state index in [9.17, 15) is 18.0 Å². The van der Waals surface area contributed by atoms with Crippen molar-refractivity contribution < 1.29 is 22.7 Å². The van der Waals surface area contributed by atoms with Gasteiger partial charge in [-0.3, -0.25) is 14.4 Å². The SMILES string of the molecule is CC(C)(C)OC(=O)Nc1ccc(C(=O)Nc2ccc(N3CCCS3(=O)=O)cc2)cc1. The van der Waals surface area contributed by atoms with E-state index in [1.807, 2.05) is 0 Å². The minimum Gasteiger partial charge on any atom is -0.444 e. The molecule has 0 saturated carbocycles. The van der Waals surface area contributed by atoms with Crippen LogP contribution in [-0.4, -0.2) is 38.3 Å². The van der Waals surface area contributed by atoms with E-state index in [4.69, 9.17) is 4.74 Å². The van der Waals surface area contributed by atoms with Crippen molar-refractivity contribution in [3.8, 4) is 0 Å². The Morgan fingerprint density at radius 3 is 2.03 bits per heavy atom. The fourth-order valence-corrected chi connectivity index (χ4v) is 4.53. The van der Waals surface area contributed by atoms with Crippen molar-refractivity contribution in [1.29, 1.82) is 0 Å². The summed E-state index contributed by atoms with van der Waals surface area (Å²) < 4.78 is 30.6. The number of hydrogen-bond acceptors (Lipinski definition) is 5. The van der Waals surface area contributed by atoms with Gasteiger partial charge in [-0.2, -0.15) is 0 Å². The maximum absolute atomic E-state index is 12.5. The molecule has 9 heteroatoms. The second-order valence-corrected chi connectivity index (χ2v) is 9.96. The smallest absolute Gasteiger partial charge is 0.412 e. The lowest BCUT2D eigenvalue weighted by Crippen LogP contribution is -2.27. The van der Waals surface area contributed by atoms with E-state index in [1.165, 1.54) is 4.31 Å². The van der Waals surface area contributed by atoms with Crippen LogP contribution in [0.4, 0.5) is 21.9 Å². The second-order valence-electron chi connectivity index (χ2n) is 7.95. The average Bonchev–Trinajstić information content (AvgIpc) is 3.00. The average molecular weight is 432 g/mol. The van der Waals surface area contributed by atoms with Crippen molar-refractivity contribution in [3.63, 3.8) is 0 Å². The summed E-state index contributed by atoms with van der Waals surface area (Å²) in [5.41, 5.74) is 1.46. The summed E-state index contributed by atoms with van der Waals surface area (Å²) in [4.78, 5) is 24.2. The molecule has 30 heavy (non-hydrogen) atoms. The molecule has 0 spiro atoms. The molecule has 0 radical (unpaired) electrons. The van der Waals surface area contributed by atoms with E-state index < -0.39 is 21.7 Å². The fraction of sp³-hybridized carbons (Fsp3) is 0.333. The highest BCUT2D eigenvalue weighted by atomic mass is 32.2. The third-order valence-corrected chi connectivity index (χ3v) is 6.17. The zero-order chi connectivity index (χ0) is 21.9. The fourth-order valence-electron chi connectivity index (χ4n) is 2.97. The molecule has 1 fully saturated rings. The molecule has 2 aromatic carbocycles. The van der Waals surface area contributed by atoms with Crippen molar-refractivity contribution in [3.05, 3.63) is 54.1 Å². The standard InChI is InChI=1S/C21H25N3O5S/c1-21(2,3)29-20(26)23-17-7-5-15(6-8-17)19(25)22-16-9-11-18(12-10-16)24-13-4-14-30(24,27)28/h5-12H,4,13-14H2,1-3H3,(H,22,25)(H,23,26). The van der Waals surface area contributed by atoms with Crippen molar-refractivity contribution in [2.45, 2.75) is 32.8 Å². The molecular formula is C21H25N3O5S. The number of rotatable bonds is 4. The number of ether oxygens (including phenoxy) is 1. The lowest BCUT2D eigenvalue weighted by atomic mass is 10.2. The van der Waals surface area contributed by atoms with Gasteiger partial charge >= 0.3 is 6.09 Å². The van der Waals surface area contributed by atoms with Crippen molar-refractivity contribution in [2.24, 2.45) is 0 Å². The van der Waals surface area contributed by atoms with Crippen molar-refractivity contribution in [1.82, 2.24) is 0 Å². The van der Waals surface area contributed by atoms with Crippen molar-refractivity contribution >= 4 is 39.1 Å². The van der Waals surface area contributed by atoms with Crippen LogP contribution in [0.1, 0.15) is 37.6 Å². The normalized spacial score (nSPS) is 15.5. The van der Waals surface area contributed by atoms with Crippen LogP contribution in [0.2, 0.25) is 0 Å². The van der Waals surface area contributed by atoms with Crippen molar-refractivity contribution in [2.75, 3.05) is 27.2 Å². The summed E-state index contributed by atoms with van der Waals surface area (Å²) in [6, 6.07) is 13.1. The number of carbonyl (C=O) groups excluding carboxylic acids is 2. The molecule has 3 rings (SSSR count). The van der Waals surface area contributed by atoms with E-state index in [0.717, 1.165) is 0 Å². The van der Waals surface area contributed by atoms with Gasteiger partial charge in [-0.05, 0) is 75.7 Å². The van der Waals surface area contributed by atoms with Gasteiger partial charge in [0.25, 0.3) is 5.91 Å². The first-order chi connectivity index (χ1) is 14.0. The summed E-state index contributed by atoms with van der Waals surface area (Å²) in [7, 11) is -3.23. The van der Waals surface area contributed by atoms with Gasteiger partial charge in [0.05, 0.1) is 11.4 Å². The van der Waals surface area contributed by atoms with Gasteiger partial charge in [0, 0.05) is 23.5 Å².